The molecule has 4 aromatic rings. The van der Waals surface area contributed by atoms with Gasteiger partial charge in [0.15, 0.2) is 11.6 Å². The van der Waals surface area contributed by atoms with E-state index in [1.807, 2.05) is 18.6 Å². The highest BCUT2D eigenvalue weighted by Gasteiger charge is 2.26. The Bertz CT molecular complexity index is 1230. The van der Waals surface area contributed by atoms with Crippen LogP contribution in [0.2, 0.25) is 0 Å². The lowest BCUT2D eigenvalue weighted by atomic mass is 9.96. The van der Waals surface area contributed by atoms with Crippen LogP contribution in [0.15, 0.2) is 55.1 Å². The fraction of sp³-hybridized carbons (Fsp3) is 0.261. The van der Waals surface area contributed by atoms with Crippen molar-refractivity contribution in [3.8, 4) is 11.1 Å². The first kappa shape index (κ1) is 19.4. The Labute approximate surface area is 177 Å². The number of amides is 1. The number of nitrogens with zero attached hydrogens (tertiary/aromatic N) is 4. The van der Waals surface area contributed by atoms with Gasteiger partial charge in [-0.2, -0.15) is 5.10 Å². The standard InChI is InChI=1S/C23H21F2N5O/c24-20-3-1-2-19(21(20)25)23(31)29-7-4-15(5-8-29)14-30-9-6-16-10-17(11-26-22(16)30)18-12-27-28-13-18/h1-3,6,9-13,15H,4-5,7-8,14H2,(H,27,28). The van der Waals surface area contributed by atoms with E-state index in [1.54, 1.807) is 11.1 Å². The molecule has 0 spiro atoms. The zero-order valence-electron chi connectivity index (χ0n) is 16.8. The van der Waals surface area contributed by atoms with Crippen molar-refractivity contribution in [3.63, 3.8) is 0 Å². The molecule has 0 bridgehead atoms. The Morgan fingerprint density at radius 1 is 1.13 bits per heavy atom. The van der Waals surface area contributed by atoms with Crippen LogP contribution < -0.4 is 0 Å². The number of aromatic amines is 1. The second-order valence-corrected chi connectivity index (χ2v) is 7.93. The molecule has 0 saturated carbocycles. The number of piperidine rings is 1. The summed E-state index contributed by atoms with van der Waals surface area (Å²) in [6.07, 6.45) is 9.09. The molecule has 31 heavy (non-hydrogen) atoms. The van der Waals surface area contributed by atoms with Crippen molar-refractivity contribution in [1.82, 2.24) is 24.6 Å². The molecule has 1 saturated heterocycles. The minimum atomic E-state index is -1.07. The van der Waals surface area contributed by atoms with Gasteiger partial charge in [-0.15, -0.1) is 0 Å². The minimum Gasteiger partial charge on any atom is -0.339 e. The monoisotopic (exact) mass is 421 g/mol. The van der Waals surface area contributed by atoms with E-state index in [4.69, 9.17) is 0 Å². The maximum absolute atomic E-state index is 14.0. The molecule has 158 valence electrons. The topological polar surface area (TPSA) is 66.8 Å². The van der Waals surface area contributed by atoms with Gasteiger partial charge in [0.05, 0.1) is 11.8 Å². The van der Waals surface area contributed by atoms with Crippen LogP contribution in [0.3, 0.4) is 0 Å². The van der Waals surface area contributed by atoms with E-state index < -0.39 is 17.5 Å². The second kappa shape index (κ2) is 7.94. The van der Waals surface area contributed by atoms with Crippen LogP contribution in [0.5, 0.6) is 0 Å². The Balaban J connectivity index is 1.25. The Hall–Kier alpha value is -3.55. The quantitative estimate of drug-likeness (QED) is 0.536. The third-order valence-corrected chi connectivity index (χ3v) is 5.97. The molecule has 1 fully saturated rings. The number of pyridine rings is 1. The van der Waals surface area contributed by atoms with Crippen molar-refractivity contribution < 1.29 is 13.6 Å². The summed E-state index contributed by atoms with van der Waals surface area (Å²) in [5.41, 5.74) is 2.73. The predicted octanol–water partition coefficient (Wildman–Crippen LogP) is 4.26. The van der Waals surface area contributed by atoms with Crippen LogP contribution >= 0.6 is 0 Å². The number of benzene rings is 1. The molecule has 0 atom stereocenters. The highest BCUT2D eigenvalue weighted by Crippen LogP contribution is 2.26. The van der Waals surface area contributed by atoms with Gasteiger partial charge < -0.3 is 9.47 Å². The Kier molecular flexibility index (Phi) is 4.97. The predicted molar refractivity (Wildman–Crippen MR) is 112 cm³/mol. The molecule has 1 aromatic carbocycles. The third kappa shape index (κ3) is 3.69. The molecule has 0 aliphatic carbocycles. The minimum absolute atomic E-state index is 0.201. The molecular weight excluding hydrogens is 400 g/mol. The number of H-pyrrole nitrogens is 1. The number of carbonyl (C=O) groups excluding carboxylic acids is 1. The van der Waals surface area contributed by atoms with Gasteiger partial charge in [-0.1, -0.05) is 6.07 Å². The highest BCUT2D eigenvalue weighted by atomic mass is 19.2. The molecule has 4 heterocycles. The van der Waals surface area contributed by atoms with Crippen molar-refractivity contribution in [2.24, 2.45) is 5.92 Å². The van der Waals surface area contributed by atoms with Gasteiger partial charge >= 0.3 is 0 Å². The Morgan fingerprint density at radius 2 is 1.97 bits per heavy atom. The van der Waals surface area contributed by atoms with Crippen molar-refractivity contribution in [2.45, 2.75) is 19.4 Å². The second-order valence-electron chi connectivity index (χ2n) is 7.93. The molecule has 1 aliphatic heterocycles. The molecule has 6 nitrogen and oxygen atoms in total. The first-order valence-electron chi connectivity index (χ1n) is 10.3. The van der Waals surface area contributed by atoms with Crippen LogP contribution in [-0.4, -0.2) is 43.6 Å². The van der Waals surface area contributed by atoms with Crippen molar-refractivity contribution >= 4 is 16.9 Å². The highest BCUT2D eigenvalue weighted by molar-refractivity contribution is 5.94. The first-order chi connectivity index (χ1) is 15.1. The molecule has 1 N–H and O–H groups in total. The molecule has 1 aliphatic rings. The van der Waals surface area contributed by atoms with Gasteiger partial charge in [0, 0.05) is 54.7 Å². The molecule has 0 radical (unpaired) electrons. The summed E-state index contributed by atoms with van der Waals surface area (Å²) in [6, 6.07) is 7.87. The van der Waals surface area contributed by atoms with E-state index in [0.29, 0.717) is 19.0 Å². The van der Waals surface area contributed by atoms with Gasteiger partial charge in [0.2, 0.25) is 0 Å². The molecular formula is C23H21F2N5O. The van der Waals surface area contributed by atoms with Gasteiger partial charge in [-0.05, 0) is 43.0 Å². The lowest BCUT2D eigenvalue weighted by molar-refractivity contribution is 0.0677. The summed E-state index contributed by atoms with van der Waals surface area (Å²) in [5.74, 6) is -2.14. The average Bonchev–Trinajstić information content (AvgIpc) is 3.46. The first-order valence-corrected chi connectivity index (χ1v) is 10.3. The van der Waals surface area contributed by atoms with E-state index in [0.717, 1.165) is 47.6 Å². The smallest absolute Gasteiger partial charge is 0.256 e. The largest absolute Gasteiger partial charge is 0.339 e. The summed E-state index contributed by atoms with van der Waals surface area (Å²) >= 11 is 0. The van der Waals surface area contributed by atoms with Crippen molar-refractivity contribution in [2.75, 3.05) is 13.1 Å². The number of nitrogens with one attached hydrogen (secondary N) is 1. The molecule has 3 aromatic heterocycles. The molecule has 5 rings (SSSR count). The summed E-state index contributed by atoms with van der Waals surface area (Å²) in [7, 11) is 0. The number of rotatable bonds is 4. The van der Waals surface area contributed by atoms with Crippen LogP contribution in [0.25, 0.3) is 22.2 Å². The molecule has 1 amide bonds. The van der Waals surface area contributed by atoms with E-state index in [1.165, 1.54) is 12.1 Å². The van der Waals surface area contributed by atoms with Crippen LogP contribution in [0.4, 0.5) is 8.78 Å². The van der Waals surface area contributed by atoms with E-state index in [-0.39, 0.29) is 5.56 Å². The van der Waals surface area contributed by atoms with Crippen LogP contribution in [0, 0.1) is 17.6 Å². The maximum atomic E-state index is 14.0. The van der Waals surface area contributed by atoms with E-state index in [2.05, 4.69) is 31.9 Å². The van der Waals surface area contributed by atoms with Crippen molar-refractivity contribution in [3.05, 3.63) is 72.3 Å². The van der Waals surface area contributed by atoms with Gasteiger partial charge in [0.1, 0.15) is 5.65 Å². The zero-order valence-corrected chi connectivity index (χ0v) is 16.8. The van der Waals surface area contributed by atoms with Gasteiger partial charge in [-0.25, -0.2) is 13.8 Å². The normalized spacial score (nSPS) is 15.0. The number of aromatic nitrogens is 4. The number of halogens is 2. The zero-order chi connectivity index (χ0) is 21.4. The maximum Gasteiger partial charge on any atom is 0.256 e. The van der Waals surface area contributed by atoms with Crippen molar-refractivity contribution in [1.29, 1.82) is 0 Å². The number of hydrogen-bond donors (Lipinski definition) is 1. The fourth-order valence-electron chi connectivity index (χ4n) is 4.23. The summed E-state index contributed by atoms with van der Waals surface area (Å²) in [5, 5.41) is 7.86. The van der Waals surface area contributed by atoms with Gasteiger partial charge in [-0.3, -0.25) is 9.89 Å². The Morgan fingerprint density at radius 3 is 2.74 bits per heavy atom. The molecule has 8 heteroatoms. The van der Waals surface area contributed by atoms with E-state index >= 15 is 0 Å². The van der Waals surface area contributed by atoms with Crippen LogP contribution in [-0.2, 0) is 6.54 Å². The van der Waals surface area contributed by atoms with Gasteiger partial charge in [0.25, 0.3) is 5.91 Å². The summed E-state index contributed by atoms with van der Waals surface area (Å²) < 4.78 is 29.6. The lowest BCUT2D eigenvalue weighted by Gasteiger charge is -2.32. The number of carbonyl (C=O) groups is 1. The van der Waals surface area contributed by atoms with Crippen LogP contribution in [0.1, 0.15) is 23.2 Å². The number of fused-ring (bicyclic) bond motifs is 1. The molecule has 0 unspecified atom stereocenters. The summed E-state index contributed by atoms with van der Waals surface area (Å²) in [6.45, 7) is 1.85. The SMILES string of the molecule is O=C(c1cccc(F)c1F)N1CCC(Cn2ccc3cc(-c4cn[nH]c4)cnc32)CC1. The fourth-order valence-corrected chi connectivity index (χ4v) is 4.23. The lowest BCUT2D eigenvalue weighted by Crippen LogP contribution is -2.39. The third-order valence-electron chi connectivity index (χ3n) is 5.97. The summed E-state index contributed by atoms with van der Waals surface area (Å²) in [4.78, 5) is 18.8. The average molecular weight is 421 g/mol. The number of hydrogen-bond acceptors (Lipinski definition) is 3. The number of likely N-dealkylation sites (tertiary alicyclic amines) is 1. The van der Waals surface area contributed by atoms with E-state index in [9.17, 15) is 13.6 Å².